The molecule has 0 atom stereocenters. The van der Waals surface area contributed by atoms with Gasteiger partial charge in [-0.1, -0.05) is 17.9 Å². The first-order chi connectivity index (χ1) is 8.80. The molecule has 0 bridgehead atoms. The maximum absolute atomic E-state index is 12.5. The number of nitrogens with two attached hydrogens (primary N) is 1. The Hall–Kier alpha value is -1.35. The minimum atomic E-state index is -3.53. The molecule has 0 spiro atoms. The highest BCUT2D eigenvalue weighted by molar-refractivity contribution is 7.89. The number of nitrogens with zero attached hydrogens (tertiary/aromatic N) is 1. The van der Waals surface area contributed by atoms with Crippen LogP contribution in [-0.2, 0) is 10.0 Å². The lowest BCUT2D eigenvalue weighted by Crippen LogP contribution is -2.33. The summed E-state index contributed by atoms with van der Waals surface area (Å²) in [7, 11) is -1.96. The van der Waals surface area contributed by atoms with E-state index in [1.165, 1.54) is 4.31 Å². The second-order valence-corrected chi connectivity index (χ2v) is 6.59. The monoisotopic (exact) mass is 280 g/mol. The molecule has 19 heavy (non-hydrogen) atoms. The third-order valence-corrected chi connectivity index (χ3v) is 4.94. The standard InChI is InChI=1S/C14H20N2O2S/c1-11(2)16(4)19(17,18)14-8-7-12(3)10-13(14)6-5-9-15/h7-8,10-11H,9,15H2,1-4H3. The molecule has 2 N–H and O–H groups in total. The fraction of sp³-hybridized carbons (Fsp3) is 0.429. The van der Waals surface area contributed by atoms with Crippen LogP contribution in [0.1, 0.15) is 25.0 Å². The normalized spacial score (nSPS) is 11.5. The molecule has 0 saturated carbocycles. The fourth-order valence-electron chi connectivity index (χ4n) is 1.55. The molecule has 0 aliphatic carbocycles. The molecule has 1 aromatic rings. The first-order valence-corrected chi connectivity index (χ1v) is 7.52. The van der Waals surface area contributed by atoms with E-state index < -0.39 is 10.0 Å². The van der Waals surface area contributed by atoms with E-state index in [4.69, 9.17) is 5.73 Å². The van der Waals surface area contributed by atoms with Crippen LogP contribution in [0.5, 0.6) is 0 Å². The van der Waals surface area contributed by atoms with Crippen molar-refractivity contribution in [3.05, 3.63) is 29.3 Å². The van der Waals surface area contributed by atoms with Crippen LogP contribution >= 0.6 is 0 Å². The molecule has 5 heteroatoms. The van der Waals surface area contributed by atoms with Gasteiger partial charge >= 0.3 is 0 Å². The predicted molar refractivity (Wildman–Crippen MR) is 77.2 cm³/mol. The van der Waals surface area contributed by atoms with Gasteiger partial charge in [0.25, 0.3) is 0 Å². The third-order valence-electron chi connectivity index (χ3n) is 2.84. The third kappa shape index (κ3) is 3.57. The van der Waals surface area contributed by atoms with E-state index in [0.29, 0.717) is 5.56 Å². The molecule has 0 saturated heterocycles. The Morgan fingerprint density at radius 3 is 2.53 bits per heavy atom. The minimum Gasteiger partial charge on any atom is -0.320 e. The summed E-state index contributed by atoms with van der Waals surface area (Å²) < 4.78 is 26.3. The summed E-state index contributed by atoms with van der Waals surface area (Å²) in [4.78, 5) is 0.232. The maximum Gasteiger partial charge on any atom is 0.244 e. The predicted octanol–water partition coefficient (Wildman–Crippen LogP) is 1.33. The number of aryl methyl sites for hydroxylation is 1. The van der Waals surface area contributed by atoms with Gasteiger partial charge in [-0.2, -0.15) is 4.31 Å². The molecule has 1 aromatic carbocycles. The van der Waals surface area contributed by atoms with Crippen LogP contribution in [-0.4, -0.2) is 32.4 Å². The molecule has 0 fully saturated rings. The first-order valence-electron chi connectivity index (χ1n) is 6.08. The second-order valence-electron chi connectivity index (χ2n) is 4.62. The zero-order chi connectivity index (χ0) is 14.6. The van der Waals surface area contributed by atoms with Crippen LogP contribution in [0, 0.1) is 18.8 Å². The van der Waals surface area contributed by atoms with E-state index in [1.807, 2.05) is 20.8 Å². The number of rotatable bonds is 3. The van der Waals surface area contributed by atoms with E-state index in [9.17, 15) is 8.42 Å². The Labute approximate surface area is 115 Å². The zero-order valence-electron chi connectivity index (χ0n) is 11.8. The Bertz CT molecular complexity index is 610. The summed E-state index contributed by atoms with van der Waals surface area (Å²) >= 11 is 0. The van der Waals surface area contributed by atoms with Gasteiger partial charge in [-0.05, 0) is 38.5 Å². The van der Waals surface area contributed by atoms with Gasteiger partial charge in [0.15, 0.2) is 0 Å². The van der Waals surface area contributed by atoms with Gasteiger partial charge in [-0.25, -0.2) is 8.42 Å². The number of hydrogen-bond acceptors (Lipinski definition) is 3. The van der Waals surface area contributed by atoms with Gasteiger partial charge in [0.05, 0.1) is 11.4 Å². The average molecular weight is 280 g/mol. The van der Waals surface area contributed by atoms with Crippen molar-refractivity contribution in [2.45, 2.75) is 31.7 Å². The lowest BCUT2D eigenvalue weighted by atomic mass is 10.1. The molecule has 0 radical (unpaired) electrons. The van der Waals surface area contributed by atoms with Gasteiger partial charge in [0, 0.05) is 18.7 Å². The van der Waals surface area contributed by atoms with Crippen LogP contribution in [0.25, 0.3) is 0 Å². The van der Waals surface area contributed by atoms with Gasteiger partial charge in [-0.15, -0.1) is 0 Å². The molecule has 1 rings (SSSR count). The minimum absolute atomic E-state index is 0.110. The lowest BCUT2D eigenvalue weighted by molar-refractivity contribution is 0.410. The second kappa shape index (κ2) is 6.20. The first kappa shape index (κ1) is 15.7. The van der Waals surface area contributed by atoms with Gasteiger partial charge in [0.2, 0.25) is 10.0 Å². The summed E-state index contributed by atoms with van der Waals surface area (Å²) in [6.45, 7) is 5.76. The van der Waals surface area contributed by atoms with Crippen molar-refractivity contribution >= 4 is 10.0 Å². The summed E-state index contributed by atoms with van der Waals surface area (Å²) in [5, 5.41) is 0. The Morgan fingerprint density at radius 1 is 1.37 bits per heavy atom. The van der Waals surface area contributed by atoms with Crippen LogP contribution in [0.3, 0.4) is 0 Å². The largest absolute Gasteiger partial charge is 0.320 e. The quantitative estimate of drug-likeness (QED) is 0.850. The molecular weight excluding hydrogens is 260 g/mol. The van der Waals surface area contributed by atoms with Crippen LogP contribution in [0.2, 0.25) is 0 Å². The Morgan fingerprint density at radius 2 is 2.00 bits per heavy atom. The van der Waals surface area contributed by atoms with Crippen molar-refractivity contribution in [3.63, 3.8) is 0 Å². The Balaban J connectivity index is 3.42. The smallest absolute Gasteiger partial charge is 0.244 e. The van der Waals surface area contributed by atoms with Gasteiger partial charge in [-0.3, -0.25) is 0 Å². The molecule has 0 aliphatic heterocycles. The molecule has 0 unspecified atom stereocenters. The molecule has 0 aliphatic rings. The molecule has 4 nitrogen and oxygen atoms in total. The summed E-state index contributed by atoms with van der Waals surface area (Å²) in [5.41, 5.74) is 6.81. The summed E-state index contributed by atoms with van der Waals surface area (Å²) in [5.74, 6) is 5.54. The van der Waals surface area contributed by atoms with E-state index in [0.717, 1.165) is 5.56 Å². The average Bonchev–Trinajstić information content (AvgIpc) is 2.34. The number of benzene rings is 1. The van der Waals surface area contributed by atoms with Crippen LogP contribution in [0.15, 0.2) is 23.1 Å². The molecule has 0 aromatic heterocycles. The lowest BCUT2D eigenvalue weighted by Gasteiger charge is -2.21. The van der Waals surface area contributed by atoms with E-state index in [1.54, 1.807) is 25.2 Å². The van der Waals surface area contributed by atoms with Crippen molar-refractivity contribution in [2.24, 2.45) is 5.73 Å². The van der Waals surface area contributed by atoms with Gasteiger partial charge in [0.1, 0.15) is 0 Å². The molecule has 0 heterocycles. The highest BCUT2D eigenvalue weighted by Gasteiger charge is 2.25. The zero-order valence-corrected chi connectivity index (χ0v) is 12.6. The Kier molecular flexibility index (Phi) is 5.12. The van der Waals surface area contributed by atoms with Crippen molar-refractivity contribution in [1.82, 2.24) is 4.31 Å². The SMILES string of the molecule is Cc1ccc(S(=O)(=O)N(C)C(C)C)c(C#CCN)c1. The van der Waals surface area contributed by atoms with Crippen molar-refractivity contribution in [3.8, 4) is 11.8 Å². The highest BCUT2D eigenvalue weighted by atomic mass is 32.2. The van der Waals surface area contributed by atoms with Crippen molar-refractivity contribution in [2.75, 3.05) is 13.6 Å². The summed E-state index contributed by atoms with van der Waals surface area (Å²) in [6, 6.07) is 5.03. The maximum atomic E-state index is 12.5. The van der Waals surface area contributed by atoms with E-state index in [2.05, 4.69) is 11.8 Å². The molecular formula is C14H20N2O2S. The van der Waals surface area contributed by atoms with Crippen molar-refractivity contribution in [1.29, 1.82) is 0 Å². The van der Waals surface area contributed by atoms with E-state index >= 15 is 0 Å². The molecule has 0 amide bonds. The van der Waals surface area contributed by atoms with Crippen LogP contribution in [0.4, 0.5) is 0 Å². The summed E-state index contributed by atoms with van der Waals surface area (Å²) in [6.07, 6.45) is 0. The molecule has 104 valence electrons. The van der Waals surface area contributed by atoms with Crippen molar-refractivity contribution < 1.29 is 8.42 Å². The fourth-order valence-corrected chi connectivity index (χ4v) is 3.04. The number of sulfonamides is 1. The van der Waals surface area contributed by atoms with E-state index in [-0.39, 0.29) is 17.5 Å². The topological polar surface area (TPSA) is 63.4 Å². The van der Waals surface area contributed by atoms with Gasteiger partial charge < -0.3 is 5.73 Å². The number of hydrogen-bond donors (Lipinski definition) is 1. The van der Waals surface area contributed by atoms with Crippen LogP contribution < -0.4 is 5.73 Å². The highest BCUT2D eigenvalue weighted by Crippen LogP contribution is 2.21.